The van der Waals surface area contributed by atoms with Gasteiger partial charge in [-0.3, -0.25) is 0 Å². The van der Waals surface area contributed by atoms with Crippen LogP contribution in [0.1, 0.15) is 31.2 Å². The van der Waals surface area contributed by atoms with Crippen molar-refractivity contribution in [2.24, 2.45) is 0 Å². The van der Waals surface area contributed by atoms with E-state index >= 15 is 0 Å². The molecule has 5 heteroatoms. The smallest absolute Gasteiger partial charge is 0.204 e. The molecular formula is C20H22BrN3O. The second kappa shape index (κ2) is 7.18. The average Bonchev–Trinajstić information content (AvgIpc) is 2.96. The monoisotopic (exact) mass is 399 g/mol. The van der Waals surface area contributed by atoms with Gasteiger partial charge >= 0.3 is 0 Å². The number of halogens is 1. The van der Waals surface area contributed by atoms with Gasteiger partial charge in [0.15, 0.2) is 0 Å². The highest BCUT2D eigenvalue weighted by atomic mass is 79.9. The Labute approximate surface area is 156 Å². The van der Waals surface area contributed by atoms with Crippen LogP contribution in [0.5, 0.6) is 0 Å². The molecule has 1 saturated carbocycles. The van der Waals surface area contributed by atoms with Gasteiger partial charge in [0, 0.05) is 10.5 Å². The molecule has 130 valence electrons. The SMILES string of the molecule is OC1CCC(Nc2nc3ccccc3n2Cc2ccc(Br)cc2)CC1. The number of hydrogen-bond acceptors (Lipinski definition) is 3. The Morgan fingerprint density at radius 3 is 2.52 bits per heavy atom. The number of aliphatic hydroxyl groups is 1. The van der Waals surface area contributed by atoms with Crippen molar-refractivity contribution in [2.75, 3.05) is 5.32 Å². The largest absolute Gasteiger partial charge is 0.393 e. The molecule has 1 aromatic heterocycles. The first-order valence-corrected chi connectivity index (χ1v) is 9.62. The minimum absolute atomic E-state index is 0.139. The van der Waals surface area contributed by atoms with Gasteiger partial charge in [0.2, 0.25) is 5.95 Å². The number of para-hydroxylation sites is 2. The van der Waals surface area contributed by atoms with Crippen LogP contribution in [-0.2, 0) is 6.54 Å². The third-order valence-corrected chi connectivity index (χ3v) is 5.47. The van der Waals surface area contributed by atoms with Crippen molar-refractivity contribution in [3.63, 3.8) is 0 Å². The van der Waals surface area contributed by atoms with Crippen LogP contribution in [-0.4, -0.2) is 26.8 Å². The molecule has 0 atom stereocenters. The minimum atomic E-state index is -0.139. The molecule has 0 unspecified atom stereocenters. The Morgan fingerprint density at radius 1 is 1.04 bits per heavy atom. The molecule has 4 rings (SSSR count). The predicted octanol–water partition coefficient (Wildman–Crippen LogP) is 4.56. The number of nitrogens with zero attached hydrogens (tertiary/aromatic N) is 2. The molecule has 3 aromatic rings. The maximum Gasteiger partial charge on any atom is 0.204 e. The number of aliphatic hydroxyl groups excluding tert-OH is 1. The van der Waals surface area contributed by atoms with Gasteiger partial charge < -0.3 is 15.0 Å². The van der Waals surface area contributed by atoms with Crippen molar-refractivity contribution < 1.29 is 5.11 Å². The highest BCUT2D eigenvalue weighted by Crippen LogP contribution is 2.26. The summed E-state index contributed by atoms with van der Waals surface area (Å²) in [5.41, 5.74) is 3.40. The minimum Gasteiger partial charge on any atom is -0.393 e. The summed E-state index contributed by atoms with van der Waals surface area (Å²) >= 11 is 3.50. The first-order valence-electron chi connectivity index (χ1n) is 8.83. The van der Waals surface area contributed by atoms with E-state index in [0.29, 0.717) is 6.04 Å². The lowest BCUT2D eigenvalue weighted by atomic mass is 9.93. The van der Waals surface area contributed by atoms with Gasteiger partial charge in [0.05, 0.1) is 23.7 Å². The first kappa shape index (κ1) is 16.6. The Kier molecular flexibility index (Phi) is 4.77. The van der Waals surface area contributed by atoms with Gasteiger partial charge in [-0.15, -0.1) is 0 Å². The van der Waals surface area contributed by atoms with Crippen LogP contribution in [0.15, 0.2) is 53.0 Å². The lowest BCUT2D eigenvalue weighted by Gasteiger charge is -2.26. The van der Waals surface area contributed by atoms with Crippen LogP contribution >= 0.6 is 15.9 Å². The second-order valence-corrected chi connectivity index (χ2v) is 7.70. The van der Waals surface area contributed by atoms with Gasteiger partial charge in [-0.25, -0.2) is 4.98 Å². The first-order chi connectivity index (χ1) is 12.2. The number of aromatic nitrogens is 2. The van der Waals surface area contributed by atoms with Gasteiger partial charge in [0.25, 0.3) is 0 Å². The molecule has 0 saturated heterocycles. The lowest BCUT2D eigenvalue weighted by Crippen LogP contribution is -2.29. The Bertz CT molecular complexity index is 851. The van der Waals surface area contributed by atoms with Crippen LogP contribution in [0.4, 0.5) is 5.95 Å². The van der Waals surface area contributed by atoms with Crippen LogP contribution < -0.4 is 5.32 Å². The number of imidazole rings is 1. The maximum absolute atomic E-state index is 9.73. The Morgan fingerprint density at radius 2 is 1.76 bits per heavy atom. The standard InChI is InChI=1S/C20H22BrN3O/c21-15-7-5-14(6-8-15)13-24-19-4-2-1-3-18(19)23-20(24)22-16-9-11-17(25)12-10-16/h1-8,16-17,25H,9-13H2,(H,22,23). The van der Waals surface area contributed by atoms with Crippen LogP contribution in [0.2, 0.25) is 0 Å². The molecule has 4 nitrogen and oxygen atoms in total. The van der Waals surface area contributed by atoms with E-state index in [2.05, 4.69) is 68.3 Å². The third kappa shape index (κ3) is 3.72. The Balaban J connectivity index is 1.64. The zero-order chi connectivity index (χ0) is 17.2. The quantitative estimate of drug-likeness (QED) is 0.675. The number of anilines is 1. The van der Waals surface area contributed by atoms with Gasteiger partial charge in [0.1, 0.15) is 0 Å². The predicted molar refractivity (Wildman–Crippen MR) is 105 cm³/mol. The maximum atomic E-state index is 9.73. The highest BCUT2D eigenvalue weighted by molar-refractivity contribution is 9.10. The Hall–Kier alpha value is -1.85. The van der Waals surface area contributed by atoms with Crippen molar-refractivity contribution in [2.45, 2.75) is 44.4 Å². The molecule has 0 amide bonds. The van der Waals surface area contributed by atoms with E-state index in [0.717, 1.165) is 53.7 Å². The summed E-state index contributed by atoms with van der Waals surface area (Å²) in [6, 6.07) is 17.1. The van der Waals surface area contributed by atoms with Crippen molar-refractivity contribution >= 4 is 32.9 Å². The van der Waals surface area contributed by atoms with E-state index in [4.69, 9.17) is 4.98 Å². The summed E-state index contributed by atoms with van der Waals surface area (Å²) < 4.78 is 3.34. The number of benzene rings is 2. The van der Waals surface area contributed by atoms with E-state index in [1.54, 1.807) is 0 Å². The fourth-order valence-electron chi connectivity index (χ4n) is 3.52. The molecule has 1 fully saturated rings. The van der Waals surface area contributed by atoms with Gasteiger partial charge in [-0.1, -0.05) is 40.2 Å². The van der Waals surface area contributed by atoms with Gasteiger partial charge in [-0.05, 0) is 55.5 Å². The zero-order valence-corrected chi connectivity index (χ0v) is 15.6. The van der Waals surface area contributed by atoms with Crippen LogP contribution in [0.25, 0.3) is 11.0 Å². The number of hydrogen-bond donors (Lipinski definition) is 2. The highest BCUT2D eigenvalue weighted by Gasteiger charge is 2.21. The summed E-state index contributed by atoms with van der Waals surface area (Å²) in [6.45, 7) is 0.783. The van der Waals surface area contributed by atoms with Crippen molar-refractivity contribution in [1.82, 2.24) is 9.55 Å². The molecule has 25 heavy (non-hydrogen) atoms. The zero-order valence-electron chi connectivity index (χ0n) is 14.0. The van der Waals surface area contributed by atoms with Crippen LogP contribution in [0.3, 0.4) is 0 Å². The summed E-state index contributed by atoms with van der Waals surface area (Å²) in [4.78, 5) is 4.82. The van der Waals surface area contributed by atoms with E-state index in [1.165, 1.54) is 5.56 Å². The van der Waals surface area contributed by atoms with E-state index in [1.807, 2.05) is 6.07 Å². The number of nitrogens with one attached hydrogen (secondary N) is 1. The molecule has 0 aliphatic heterocycles. The van der Waals surface area contributed by atoms with E-state index in [-0.39, 0.29) is 6.10 Å². The second-order valence-electron chi connectivity index (χ2n) is 6.79. The lowest BCUT2D eigenvalue weighted by molar-refractivity contribution is 0.126. The summed E-state index contributed by atoms with van der Waals surface area (Å²) in [5.74, 6) is 0.922. The van der Waals surface area contributed by atoms with Crippen molar-refractivity contribution in [3.05, 3.63) is 58.6 Å². The molecular weight excluding hydrogens is 378 g/mol. The van der Waals surface area contributed by atoms with Crippen molar-refractivity contribution in [1.29, 1.82) is 0 Å². The summed E-state index contributed by atoms with van der Waals surface area (Å²) in [5, 5.41) is 13.3. The van der Waals surface area contributed by atoms with E-state index in [9.17, 15) is 5.11 Å². The molecule has 0 radical (unpaired) electrons. The van der Waals surface area contributed by atoms with E-state index < -0.39 is 0 Å². The summed E-state index contributed by atoms with van der Waals surface area (Å²) in [7, 11) is 0. The molecule has 1 aliphatic carbocycles. The topological polar surface area (TPSA) is 50.1 Å². The van der Waals surface area contributed by atoms with Crippen molar-refractivity contribution in [3.8, 4) is 0 Å². The molecule has 0 bridgehead atoms. The molecule has 2 N–H and O–H groups in total. The van der Waals surface area contributed by atoms with Gasteiger partial charge in [-0.2, -0.15) is 0 Å². The van der Waals surface area contributed by atoms with Crippen LogP contribution in [0, 0.1) is 0 Å². The number of fused-ring (bicyclic) bond motifs is 1. The molecule has 1 heterocycles. The molecule has 2 aromatic carbocycles. The molecule has 0 spiro atoms. The summed E-state index contributed by atoms with van der Waals surface area (Å²) in [6.07, 6.45) is 3.57. The normalized spacial score (nSPS) is 20.7. The number of rotatable bonds is 4. The fourth-order valence-corrected chi connectivity index (χ4v) is 3.79. The average molecular weight is 400 g/mol. The molecule has 1 aliphatic rings. The third-order valence-electron chi connectivity index (χ3n) is 4.94. The fraction of sp³-hybridized carbons (Fsp3) is 0.350.